The Labute approximate surface area is 178 Å². The highest BCUT2D eigenvalue weighted by atomic mass is 16.5. The van der Waals surface area contributed by atoms with E-state index in [4.69, 9.17) is 9.72 Å². The highest BCUT2D eigenvalue weighted by molar-refractivity contribution is 5.93. The van der Waals surface area contributed by atoms with Crippen LogP contribution >= 0.6 is 0 Å². The Morgan fingerprint density at radius 1 is 1.10 bits per heavy atom. The molecule has 3 heterocycles. The van der Waals surface area contributed by atoms with Gasteiger partial charge < -0.3 is 14.5 Å². The maximum absolute atomic E-state index is 13.1. The van der Waals surface area contributed by atoms with Crippen molar-refractivity contribution in [1.29, 1.82) is 0 Å². The molecule has 3 aliphatic rings. The van der Waals surface area contributed by atoms with Gasteiger partial charge in [0.15, 0.2) is 5.82 Å². The largest absolute Gasteiger partial charge is 0.469 e. The Morgan fingerprint density at radius 3 is 2.57 bits per heavy atom. The number of anilines is 1. The Bertz CT molecular complexity index is 778. The second kappa shape index (κ2) is 9.29. The van der Waals surface area contributed by atoms with Gasteiger partial charge in [-0.05, 0) is 45.1 Å². The summed E-state index contributed by atoms with van der Waals surface area (Å²) in [7, 11) is 3.57. The van der Waals surface area contributed by atoms with E-state index in [0.717, 1.165) is 76.0 Å². The van der Waals surface area contributed by atoms with Crippen molar-refractivity contribution in [3.63, 3.8) is 0 Å². The van der Waals surface area contributed by atoms with E-state index < -0.39 is 0 Å². The van der Waals surface area contributed by atoms with E-state index in [0.29, 0.717) is 30.7 Å². The van der Waals surface area contributed by atoms with E-state index in [9.17, 15) is 9.59 Å². The number of esters is 1. The number of ether oxygens (including phenoxy) is 1. The van der Waals surface area contributed by atoms with Crippen LogP contribution in [-0.4, -0.2) is 78.1 Å². The lowest BCUT2D eigenvalue weighted by Gasteiger charge is -2.34. The fourth-order valence-corrected chi connectivity index (χ4v) is 4.96. The first kappa shape index (κ1) is 21.0. The Kier molecular flexibility index (Phi) is 6.51. The molecule has 1 aromatic heterocycles. The maximum Gasteiger partial charge on any atom is 0.326 e. The van der Waals surface area contributed by atoms with Gasteiger partial charge in [0.1, 0.15) is 0 Å². The van der Waals surface area contributed by atoms with Gasteiger partial charge in [-0.3, -0.25) is 14.7 Å². The summed E-state index contributed by atoms with van der Waals surface area (Å²) >= 11 is 0. The number of hydrogen-bond acceptors (Lipinski definition) is 6. The third-order valence-electron chi connectivity index (χ3n) is 6.94. The van der Waals surface area contributed by atoms with Gasteiger partial charge in [-0.1, -0.05) is 0 Å². The molecule has 0 unspecified atom stereocenters. The summed E-state index contributed by atoms with van der Waals surface area (Å²) < 4.78 is 4.75. The van der Waals surface area contributed by atoms with Crippen LogP contribution in [0.1, 0.15) is 49.9 Å². The zero-order chi connectivity index (χ0) is 21.1. The lowest BCUT2D eigenvalue weighted by atomic mass is 9.83. The average molecular weight is 416 g/mol. The van der Waals surface area contributed by atoms with Crippen LogP contribution in [0.15, 0.2) is 6.20 Å². The van der Waals surface area contributed by atoms with Crippen molar-refractivity contribution >= 4 is 17.8 Å². The van der Waals surface area contributed by atoms with Crippen LogP contribution in [0.4, 0.5) is 10.6 Å². The van der Waals surface area contributed by atoms with Crippen molar-refractivity contribution in [2.45, 2.75) is 57.4 Å². The summed E-state index contributed by atoms with van der Waals surface area (Å²) in [6, 6.07) is 0.354. The molecule has 0 aromatic carbocycles. The predicted molar refractivity (Wildman–Crippen MR) is 113 cm³/mol. The van der Waals surface area contributed by atoms with Gasteiger partial charge in [-0.15, -0.1) is 0 Å². The summed E-state index contributed by atoms with van der Waals surface area (Å²) in [5.74, 6) is 1.12. The first-order chi connectivity index (χ1) is 14.5. The van der Waals surface area contributed by atoms with Crippen molar-refractivity contribution in [2.75, 3.05) is 45.2 Å². The molecule has 1 saturated heterocycles. The minimum Gasteiger partial charge on any atom is -0.469 e. The molecular formula is C22H33N5O3. The number of amides is 2. The zero-order valence-electron chi connectivity index (χ0n) is 18.2. The van der Waals surface area contributed by atoms with E-state index >= 15 is 0 Å². The van der Waals surface area contributed by atoms with Crippen molar-refractivity contribution in [2.24, 2.45) is 5.92 Å². The van der Waals surface area contributed by atoms with Gasteiger partial charge in [0.2, 0.25) is 0 Å². The quantitative estimate of drug-likeness (QED) is 0.687. The molecule has 0 atom stereocenters. The smallest absolute Gasteiger partial charge is 0.326 e. The maximum atomic E-state index is 13.1. The molecule has 164 valence electrons. The average Bonchev–Trinajstić information content (AvgIpc) is 3.05. The fraction of sp³-hybridized carbons (Fsp3) is 0.727. The molecule has 8 heteroatoms. The van der Waals surface area contributed by atoms with Crippen molar-refractivity contribution in [1.82, 2.24) is 19.8 Å². The van der Waals surface area contributed by atoms with Gasteiger partial charge >= 0.3 is 12.0 Å². The molecule has 8 nitrogen and oxygen atoms in total. The molecule has 2 fully saturated rings. The Morgan fingerprint density at radius 2 is 1.83 bits per heavy atom. The molecule has 0 spiro atoms. The molecule has 1 aliphatic carbocycles. The monoisotopic (exact) mass is 415 g/mol. The number of methoxy groups -OCH3 is 1. The number of urea groups is 1. The summed E-state index contributed by atoms with van der Waals surface area (Å²) in [6.45, 7) is 3.40. The van der Waals surface area contributed by atoms with Crippen LogP contribution in [0.3, 0.4) is 0 Å². The van der Waals surface area contributed by atoms with Crippen LogP contribution in [-0.2, 0) is 22.4 Å². The highest BCUT2D eigenvalue weighted by Gasteiger charge is 2.37. The molecule has 2 amide bonds. The molecule has 0 N–H and O–H groups in total. The molecule has 30 heavy (non-hydrogen) atoms. The second-order valence-corrected chi connectivity index (χ2v) is 8.84. The number of nitrogens with zero attached hydrogens (tertiary/aromatic N) is 5. The number of aromatic nitrogens is 2. The zero-order valence-corrected chi connectivity index (χ0v) is 18.2. The van der Waals surface area contributed by atoms with Crippen LogP contribution in [0, 0.1) is 5.92 Å². The van der Waals surface area contributed by atoms with E-state index in [1.807, 2.05) is 4.90 Å². The minimum absolute atomic E-state index is 0.0630. The molecule has 1 aromatic rings. The SMILES string of the molecule is COC(=O)CCC1CCC(N2CCN(c3cnc4c(n3)CCN(C)CC4)C2=O)CC1. The highest BCUT2D eigenvalue weighted by Crippen LogP contribution is 2.33. The fourth-order valence-electron chi connectivity index (χ4n) is 4.96. The Hall–Kier alpha value is -2.22. The number of fused-ring (bicyclic) bond motifs is 1. The standard InChI is InChI=1S/C22H33N5O3/c1-25-11-9-18-19(10-12-25)24-20(15-23-18)27-14-13-26(22(27)29)17-6-3-16(4-7-17)5-8-21(28)30-2/h15-17H,3-14H2,1-2H3. The van der Waals surface area contributed by atoms with Crippen LogP contribution < -0.4 is 4.90 Å². The molecular weight excluding hydrogens is 382 g/mol. The summed E-state index contributed by atoms with van der Waals surface area (Å²) in [5, 5.41) is 0. The summed E-state index contributed by atoms with van der Waals surface area (Å²) in [4.78, 5) is 40.1. The van der Waals surface area contributed by atoms with Crippen LogP contribution in [0.2, 0.25) is 0 Å². The van der Waals surface area contributed by atoms with E-state index in [1.165, 1.54) is 7.11 Å². The first-order valence-corrected chi connectivity index (χ1v) is 11.2. The summed E-state index contributed by atoms with van der Waals surface area (Å²) in [6.07, 6.45) is 9.10. The van der Waals surface area contributed by atoms with Crippen LogP contribution in [0.25, 0.3) is 0 Å². The minimum atomic E-state index is -0.129. The lowest BCUT2D eigenvalue weighted by molar-refractivity contribution is -0.141. The number of carbonyl (C=O) groups excluding carboxylic acids is 2. The van der Waals surface area contributed by atoms with Gasteiger partial charge in [0.25, 0.3) is 0 Å². The van der Waals surface area contributed by atoms with Gasteiger partial charge in [-0.2, -0.15) is 0 Å². The van der Waals surface area contributed by atoms with E-state index in [2.05, 4.69) is 16.9 Å². The number of likely N-dealkylation sites (N-methyl/N-ethyl adjacent to an activating group) is 1. The van der Waals surface area contributed by atoms with Gasteiger partial charge in [0, 0.05) is 51.5 Å². The predicted octanol–water partition coefficient (Wildman–Crippen LogP) is 2.26. The lowest BCUT2D eigenvalue weighted by Crippen LogP contribution is -2.41. The number of hydrogen-bond donors (Lipinski definition) is 0. The Balaban J connectivity index is 1.34. The van der Waals surface area contributed by atoms with E-state index in [1.54, 1.807) is 11.1 Å². The molecule has 0 radical (unpaired) electrons. The molecule has 1 saturated carbocycles. The molecule has 2 aliphatic heterocycles. The first-order valence-electron chi connectivity index (χ1n) is 11.2. The number of rotatable bonds is 5. The topological polar surface area (TPSA) is 78.9 Å². The summed E-state index contributed by atoms with van der Waals surface area (Å²) in [5.41, 5.74) is 2.10. The van der Waals surface area contributed by atoms with Crippen molar-refractivity contribution < 1.29 is 14.3 Å². The van der Waals surface area contributed by atoms with Crippen molar-refractivity contribution in [3.8, 4) is 0 Å². The normalized spacial score (nSPS) is 25.2. The molecule has 4 rings (SSSR count). The third kappa shape index (κ3) is 4.58. The van der Waals surface area contributed by atoms with Crippen LogP contribution in [0.5, 0.6) is 0 Å². The van der Waals surface area contributed by atoms with Gasteiger partial charge in [0.05, 0.1) is 24.7 Å². The third-order valence-corrected chi connectivity index (χ3v) is 6.94. The van der Waals surface area contributed by atoms with E-state index in [-0.39, 0.29) is 12.0 Å². The van der Waals surface area contributed by atoms with Gasteiger partial charge in [-0.25, -0.2) is 9.78 Å². The molecule has 0 bridgehead atoms. The number of carbonyl (C=O) groups is 2. The second-order valence-electron chi connectivity index (χ2n) is 8.84. The van der Waals surface area contributed by atoms with Crippen molar-refractivity contribution in [3.05, 3.63) is 17.6 Å².